The Hall–Kier alpha value is -2.42. The number of hydrazone groups is 1. The van der Waals surface area contributed by atoms with Gasteiger partial charge < -0.3 is 0 Å². The van der Waals surface area contributed by atoms with Gasteiger partial charge in [-0.05, 0) is 30.4 Å². The molecule has 3 rings (SSSR count). The highest BCUT2D eigenvalue weighted by Crippen LogP contribution is 2.21. The molecule has 1 N–H and O–H groups in total. The van der Waals surface area contributed by atoms with Crippen molar-refractivity contribution in [1.29, 1.82) is 0 Å². The van der Waals surface area contributed by atoms with Gasteiger partial charge in [0.05, 0.1) is 12.1 Å². The minimum atomic E-state index is -0.0724. The number of benzene rings is 2. The number of fused-ring (bicyclic) bond motifs is 1. The normalized spacial score (nSPS) is 15.5. The number of carbonyl (C=O) groups is 1. The van der Waals surface area contributed by atoms with E-state index in [9.17, 15) is 4.79 Å². The van der Waals surface area contributed by atoms with E-state index in [2.05, 4.69) is 28.7 Å². The molecule has 106 valence electrons. The lowest BCUT2D eigenvalue weighted by Gasteiger charge is -2.17. The van der Waals surface area contributed by atoms with E-state index in [0.717, 1.165) is 30.5 Å². The van der Waals surface area contributed by atoms with Crippen LogP contribution in [0.25, 0.3) is 0 Å². The molecule has 3 nitrogen and oxygen atoms in total. The highest BCUT2D eigenvalue weighted by atomic mass is 16.2. The van der Waals surface area contributed by atoms with E-state index >= 15 is 0 Å². The van der Waals surface area contributed by atoms with Gasteiger partial charge in [0, 0.05) is 5.56 Å². The van der Waals surface area contributed by atoms with Crippen molar-refractivity contribution in [3.8, 4) is 0 Å². The van der Waals surface area contributed by atoms with Gasteiger partial charge in [-0.2, -0.15) is 5.10 Å². The van der Waals surface area contributed by atoms with Crippen LogP contribution in [-0.4, -0.2) is 11.6 Å². The van der Waals surface area contributed by atoms with E-state index in [-0.39, 0.29) is 5.91 Å². The number of amides is 1. The zero-order valence-electron chi connectivity index (χ0n) is 11.9. The second-order valence-corrected chi connectivity index (χ2v) is 5.27. The number of nitrogens with one attached hydrogen (secondary N) is 1. The van der Waals surface area contributed by atoms with E-state index in [1.54, 1.807) is 0 Å². The quantitative estimate of drug-likeness (QED) is 0.861. The molecule has 21 heavy (non-hydrogen) atoms. The lowest BCUT2D eigenvalue weighted by molar-refractivity contribution is -0.120. The zero-order valence-corrected chi connectivity index (χ0v) is 11.9. The predicted octanol–water partition coefficient (Wildman–Crippen LogP) is 3.09. The Kier molecular flexibility index (Phi) is 4.10. The molecule has 0 heterocycles. The van der Waals surface area contributed by atoms with Gasteiger partial charge in [-0.15, -0.1) is 0 Å². The van der Waals surface area contributed by atoms with Crippen molar-refractivity contribution in [3.05, 3.63) is 71.3 Å². The number of hydrogen-bond acceptors (Lipinski definition) is 2. The number of rotatable bonds is 3. The third-order valence-corrected chi connectivity index (χ3v) is 3.71. The molecule has 0 aromatic heterocycles. The Bertz CT molecular complexity index is 662. The van der Waals surface area contributed by atoms with Crippen molar-refractivity contribution in [2.24, 2.45) is 5.10 Å². The number of carbonyl (C=O) groups excluding carboxylic acids is 1. The van der Waals surface area contributed by atoms with Gasteiger partial charge in [0.1, 0.15) is 0 Å². The minimum absolute atomic E-state index is 0.0724. The molecular weight excluding hydrogens is 260 g/mol. The molecule has 0 aliphatic heterocycles. The summed E-state index contributed by atoms with van der Waals surface area (Å²) in [6, 6.07) is 18.0. The number of hydrogen-bond donors (Lipinski definition) is 1. The summed E-state index contributed by atoms with van der Waals surface area (Å²) in [6.45, 7) is 0. The third kappa shape index (κ3) is 3.37. The van der Waals surface area contributed by atoms with E-state index in [1.165, 1.54) is 11.1 Å². The second-order valence-electron chi connectivity index (χ2n) is 5.27. The highest BCUT2D eigenvalue weighted by molar-refractivity contribution is 6.03. The smallest absolute Gasteiger partial charge is 0.244 e. The molecule has 3 heteroatoms. The maximum Gasteiger partial charge on any atom is 0.244 e. The first-order valence-corrected chi connectivity index (χ1v) is 7.30. The lowest BCUT2D eigenvalue weighted by Crippen LogP contribution is -2.23. The van der Waals surface area contributed by atoms with Crippen LogP contribution in [0, 0.1) is 0 Å². The maximum absolute atomic E-state index is 11.9. The van der Waals surface area contributed by atoms with Crippen LogP contribution in [-0.2, 0) is 17.6 Å². The van der Waals surface area contributed by atoms with Crippen molar-refractivity contribution < 1.29 is 4.79 Å². The van der Waals surface area contributed by atoms with Crippen molar-refractivity contribution >= 4 is 11.6 Å². The molecule has 0 saturated heterocycles. The Morgan fingerprint density at radius 3 is 2.62 bits per heavy atom. The first kappa shape index (κ1) is 13.6. The van der Waals surface area contributed by atoms with Gasteiger partial charge in [0.25, 0.3) is 0 Å². The molecule has 0 atom stereocenters. The van der Waals surface area contributed by atoms with E-state index < -0.39 is 0 Å². The summed E-state index contributed by atoms with van der Waals surface area (Å²) in [4.78, 5) is 11.9. The molecule has 0 spiro atoms. The van der Waals surface area contributed by atoms with Crippen molar-refractivity contribution in [2.45, 2.75) is 25.7 Å². The largest absolute Gasteiger partial charge is 0.273 e. The van der Waals surface area contributed by atoms with Gasteiger partial charge in [0.2, 0.25) is 5.91 Å². The van der Waals surface area contributed by atoms with Crippen LogP contribution in [0.3, 0.4) is 0 Å². The van der Waals surface area contributed by atoms with Crippen molar-refractivity contribution in [3.63, 3.8) is 0 Å². The fourth-order valence-corrected chi connectivity index (χ4v) is 2.67. The molecule has 0 radical (unpaired) electrons. The molecule has 2 aromatic rings. The molecule has 2 aromatic carbocycles. The fourth-order valence-electron chi connectivity index (χ4n) is 2.67. The van der Waals surface area contributed by atoms with Crippen LogP contribution in [0.2, 0.25) is 0 Å². The van der Waals surface area contributed by atoms with E-state index in [4.69, 9.17) is 0 Å². The van der Waals surface area contributed by atoms with E-state index in [1.807, 2.05) is 36.4 Å². The van der Waals surface area contributed by atoms with Gasteiger partial charge in [0.15, 0.2) is 0 Å². The summed E-state index contributed by atoms with van der Waals surface area (Å²) >= 11 is 0. The Morgan fingerprint density at radius 1 is 1.00 bits per heavy atom. The average Bonchev–Trinajstić information content (AvgIpc) is 2.54. The number of nitrogens with zero attached hydrogens (tertiary/aromatic N) is 1. The van der Waals surface area contributed by atoms with Gasteiger partial charge >= 0.3 is 0 Å². The van der Waals surface area contributed by atoms with Crippen LogP contribution < -0.4 is 5.43 Å². The first-order chi connectivity index (χ1) is 10.3. The molecule has 1 aliphatic carbocycles. The molecule has 0 unspecified atom stereocenters. The van der Waals surface area contributed by atoms with Gasteiger partial charge in [-0.25, -0.2) is 5.43 Å². The monoisotopic (exact) mass is 278 g/mol. The third-order valence-electron chi connectivity index (χ3n) is 3.71. The van der Waals surface area contributed by atoms with Crippen LogP contribution in [0.5, 0.6) is 0 Å². The van der Waals surface area contributed by atoms with Crippen molar-refractivity contribution in [1.82, 2.24) is 5.43 Å². The topological polar surface area (TPSA) is 41.5 Å². The first-order valence-electron chi connectivity index (χ1n) is 7.30. The Labute approximate surface area is 124 Å². The summed E-state index contributed by atoms with van der Waals surface area (Å²) in [5.74, 6) is -0.0724. The predicted molar refractivity (Wildman–Crippen MR) is 84.2 cm³/mol. The van der Waals surface area contributed by atoms with Crippen LogP contribution in [0.15, 0.2) is 59.7 Å². The second kappa shape index (κ2) is 6.35. The van der Waals surface area contributed by atoms with Crippen molar-refractivity contribution in [2.75, 3.05) is 0 Å². The van der Waals surface area contributed by atoms with E-state index in [0.29, 0.717) is 6.42 Å². The highest BCUT2D eigenvalue weighted by Gasteiger charge is 2.15. The summed E-state index contributed by atoms with van der Waals surface area (Å²) in [6.07, 6.45) is 3.46. The Morgan fingerprint density at radius 2 is 1.76 bits per heavy atom. The van der Waals surface area contributed by atoms with Crippen LogP contribution >= 0.6 is 0 Å². The fraction of sp³-hybridized carbons (Fsp3) is 0.222. The maximum atomic E-state index is 11.9. The lowest BCUT2D eigenvalue weighted by atomic mass is 9.90. The summed E-state index contributed by atoms with van der Waals surface area (Å²) in [5, 5.41) is 4.34. The molecule has 0 fully saturated rings. The van der Waals surface area contributed by atoms with Gasteiger partial charge in [-0.3, -0.25) is 4.79 Å². The minimum Gasteiger partial charge on any atom is -0.273 e. The number of aryl methyl sites for hydroxylation is 1. The van der Waals surface area contributed by atoms with Crippen LogP contribution in [0.1, 0.15) is 29.5 Å². The summed E-state index contributed by atoms with van der Waals surface area (Å²) in [7, 11) is 0. The average molecular weight is 278 g/mol. The molecule has 1 amide bonds. The Balaban J connectivity index is 1.68. The standard InChI is InChI=1S/C18H18N2O/c21-18(13-14-7-2-1-3-8-14)20-19-17-12-6-10-15-9-4-5-11-16(15)17/h1-5,7-9,11H,6,10,12-13H2,(H,20,21)/b19-17-. The molecule has 0 saturated carbocycles. The zero-order chi connectivity index (χ0) is 14.5. The SMILES string of the molecule is O=C(Cc1ccccc1)N/N=C1/CCCc2ccccc21. The summed E-state index contributed by atoms with van der Waals surface area (Å²) < 4.78 is 0. The molecule has 0 bridgehead atoms. The van der Waals surface area contributed by atoms with Gasteiger partial charge in [-0.1, -0.05) is 54.6 Å². The summed E-state index contributed by atoms with van der Waals surface area (Å²) in [5.41, 5.74) is 7.16. The molecular formula is C18H18N2O. The van der Waals surface area contributed by atoms with Crippen LogP contribution in [0.4, 0.5) is 0 Å². The molecule has 1 aliphatic rings.